The van der Waals surface area contributed by atoms with Gasteiger partial charge in [-0.05, 0) is 25.8 Å². The molecule has 6 heteroatoms. The Balaban J connectivity index is 4.34. The zero-order chi connectivity index (χ0) is 14.9. The molecular weight excluding hydrogens is 267 g/mol. The minimum atomic E-state index is -4.21. The van der Waals surface area contributed by atoms with Crippen molar-refractivity contribution >= 4 is 13.6 Å². The van der Waals surface area contributed by atoms with E-state index in [-0.39, 0.29) is 6.10 Å². The number of phosphoric ester groups is 1. The number of carbonyl (C=O) groups excluding carboxylic acids is 1. The van der Waals surface area contributed by atoms with Crippen LogP contribution in [-0.2, 0) is 18.4 Å². The zero-order valence-electron chi connectivity index (χ0n) is 12.0. The van der Waals surface area contributed by atoms with Gasteiger partial charge in [0.2, 0.25) is 0 Å². The van der Waals surface area contributed by atoms with Crippen molar-refractivity contribution < 1.29 is 23.3 Å². The lowest BCUT2D eigenvalue weighted by atomic mass is 10.1. The van der Waals surface area contributed by atoms with Crippen molar-refractivity contribution in [2.75, 3.05) is 0 Å². The molecule has 0 aromatic heterocycles. The summed E-state index contributed by atoms with van der Waals surface area (Å²) < 4.78 is 21.7. The number of carbonyl (C=O) groups is 1. The summed E-state index contributed by atoms with van der Waals surface area (Å²) >= 11 is 0. The van der Waals surface area contributed by atoms with Crippen molar-refractivity contribution in [2.45, 2.75) is 65.1 Å². The topological polar surface area (TPSA) is 72.8 Å². The fourth-order valence-corrected chi connectivity index (χ4v) is 2.77. The lowest BCUT2D eigenvalue weighted by molar-refractivity contribution is -0.121. The van der Waals surface area contributed by atoms with Gasteiger partial charge in [-0.25, -0.2) is 4.57 Å². The van der Waals surface area contributed by atoms with Gasteiger partial charge in [0.1, 0.15) is 6.10 Å². The van der Waals surface area contributed by atoms with Gasteiger partial charge < -0.3 is 4.89 Å². The van der Waals surface area contributed by atoms with Crippen LogP contribution in [0.1, 0.15) is 52.9 Å². The fraction of sp³-hybridized carbons (Fsp3) is 0.769. The molecule has 5 nitrogen and oxygen atoms in total. The Bertz CT molecular complexity index is 329. The Hall–Kier alpha value is -0.480. The summed E-state index contributed by atoms with van der Waals surface area (Å²) in [5.74, 6) is -0.447. The van der Waals surface area contributed by atoms with Crippen LogP contribution in [0, 0.1) is 0 Å². The zero-order valence-corrected chi connectivity index (χ0v) is 12.9. The molecule has 19 heavy (non-hydrogen) atoms. The average molecular weight is 292 g/mol. The van der Waals surface area contributed by atoms with E-state index in [1.807, 2.05) is 6.92 Å². The predicted molar refractivity (Wildman–Crippen MR) is 74.9 cm³/mol. The van der Waals surface area contributed by atoms with Gasteiger partial charge in [0.05, 0.1) is 6.10 Å². The molecule has 3 unspecified atom stereocenters. The second-order valence-corrected chi connectivity index (χ2v) is 5.81. The van der Waals surface area contributed by atoms with Gasteiger partial charge in [-0.15, -0.1) is 0 Å². The monoisotopic (exact) mass is 292 g/mol. The van der Waals surface area contributed by atoms with Gasteiger partial charge in [-0.2, -0.15) is 0 Å². The van der Waals surface area contributed by atoms with Crippen molar-refractivity contribution in [3.05, 3.63) is 12.7 Å². The molecule has 0 aliphatic carbocycles. The lowest BCUT2D eigenvalue weighted by Gasteiger charge is -2.21. The van der Waals surface area contributed by atoms with E-state index >= 15 is 0 Å². The largest absolute Gasteiger partial charge is 0.473 e. The summed E-state index contributed by atoms with van der Waals surface area (Å²) in [6, 6.07) is 0. The molecule has 0 saturated heterocycles. The first kappa shape index (κ1) is 18.5. The van der Waals surface area contributed by atoms with Crippen molar-refractivity contribution in [1.29, 1.82) is 0 Å². The van der Waals surface area contributed by atoms with Gasteiger partial charge in [0, 0.05) is 0 Å². The highest BCUT2D eigenvalue weighted by Gasteiger charge is 2.29. The van der Waals surface area contributed by atoms with Crippen molar-refractivity contribution in [3.63, 3.8) is 0 Å². The third-order valence-electron chi connectivity index (χ3n) is 2.76. The Morgan fingerprint density at radius 2 is 2.00 bits per heavy atom. The summed E-state index contributed by atoms with van der Waals surface area (Å²) in [6.45, 7) is 8.67. The standard InChI is InChI=1S/C13H25O5P/c1-5-8-9-10-12(6-2)18-19(15,16)17-11(4)13(14)7-3/h7,11-12H,3,5-6,8-10H2,1-2,4H3,(H,15,16). The summed E-state index contributed by atoms with van der Waals surface area (Å²) in [7, 11) is -4.21. The van der Waals surface area contributed by atoms with Crippen LogP contribution in [0.4, 0.5) is 0 Å². The molecule has 0 heterocycles. The maximum Gasteiger partial charge on any atom is 0.473 e. The fourth-order valence-electron chi connectivity index (χ4n) is 1.58. The first-order valence-electron chi connectivity index (χ1n) is 6.72. The van der Waals surface area contributed by atoms with Gasteiger partial charge in [-0.3, -0.25) is 13.8 Å². The first-order valence-corrected chi connectivity index (χ1v) is 8.21. The second-order valence-electron chi connectivity index (χ2n) is 4.45. The van der Waals surface area contributed by atoms with Crippen LogP contribution in [0.2, 0.25) is 0 Å². The molecular formula is C13H25O5P. The molecule has 0 rings (SSSR count). The SMILES string of the molecule is C=CC(=O)C(C)OP(=O)(O)OC(CC)CCCCC. The quantitative estimate of drug-likeness (QED) is 0.357. The third-order valence-corrected chi connectivity index (χ3v) is 3.91. The molecule has 112 valence electrons. The number of hydrogen-bond acceptors (Lipinski definition) is 4. The van der Waals surface area contributed by atoms with Crippen LogP contribution in [0.5, 0.6) is 0 Å². The molecule has 0 aromatic carbocycles. The third kappa shape index (κ3) is 8.32. The van der Waals surface area contributed by atoms with Crippen LogP contribution in [-0.4, -0.2) is 22.9 Å². The number of phosphoric acid groups is 1. The maximum atomic E-state index is 11.8. The molecule has 0 aromatic rings. The average Bonchev–Trinajstić information content (AvgIpc) is 2.35. The highest BCUT2D eigenvalue weighted by molar-refractivity contribution is 7.47. The molecule has 0 aliphatic rings. The smallest absolute Gasteiger partial charge is 0.302 e. The van der Waals surface area contributed by atoms with Gasteiger partial charge in [0.15, 0.2) is 5.78 Å². The first-order chi connectivity index (χ1) is 8.86. The number of rotatable bonds is 11. The van der Waals surface area contributed by atoms with E-state index in [1.165, 1.54) is 6.92 Å². The van der Waals surface area contributed by atoms with Crippen molar-refractivity contribution in [2.24, 2.45) is 0 Å². The molecule has 0 amide bonds. The van der Waals surface area contributed by atoms with E-state index in [9.17, 15) is 14.3 Å². The summed E-state index contributed by atoms with van der Waals surface area (Å²) in [5.41, 5.74) is 0. The molecule has 0 bridgehead atoms. The van der Waals surface area contributed by atoms with Crippen molar-refractivity contribution in [3.8, 4) is 0 Å². The van der Waals surface area contributed by atoms with E-state index < -0.39 is 19.7 Å². The number of unbranched alkanes of at least 4 members (excludes halogenated alkanes) is 2. The molecule has 1 N–H and O–H groups in total. The Morgan fingerprint density at radius 3 is 2.47 bits per heavy atom. The predicted octanol–water partition coefficient (Wildman–Crippen LogP) is 3.62. The molecule has 0 saturated carbocycles. The second kappa shape index (κ2) is 9.43. The molecule has 0 fully saturated rings. The van der Waals surface area contributed by atoms with Gasteiger partial charge in [0.25, 0.3) is 0 Å². The Morgan fingerprint density at radius 1 is 1.37 bits per heavy atom. The normalized spacial score (nSPS) is 17.5. The summed E-state index contributed by atoms with van der Waals surface area (Å²) in [5, 5.41) is 0. The highest BCUT2D eigenvalue weighted by atomic mass is 31.2. The summed E-state index contributed by atoms with van der Waals surface area (Å²) in [4.78, 5) is 20.8. The highest BCUT2D eigenvalue weighted by Crippen LogP contribution is 2.47. The van der Waals surface area contributed by atoms with Crippen LogP contribution in [0.3, 0.4) is 0 Å². The molecule has 0 radical (unpaired) electrons. The minimum Gasteiger partial charge on any atom is -0.302 e. The van der Waals surface area contributed by atoms with Crippen LogP contribution in [0.25, 0.3) is 0 Å². The van der Waals surface area contributed by atoms with E-state index in [0.29, 0.717) is 12.8 Å². The van der Waals surface area contributed by atoms with Gasteiger partial charge >= 0.3 is 7.82 Å². The summed E-state index contributed by atoms with van der Waals surface area (Å²) in [6.07, 6.45) is 4.12. The van der Waals surface area contributed by atoms with Crippen molar-refractivity contribution in [1.82, 2.24) is 0 Å². The van der Waals surface area contributed by atoms with E-state index in [0.717, 1.165) is 25.3 Å². The lowest BCUT2D eigenvalue weighted by Crippen LogP contribution is -2.19. The molecule has 3 atom stereocenters. The number of ketones is 1. The Labute approximate surface area is 115 Å². The minimum absolute atomic E-state index is 0.326. The van der Waals surface area contributed by atoms with Crippen LogP contribution >= 0.6 is 7.82 Å². The molecule has 0 spiro atoms. The van der Waals surface area contributed by atoms with Gasteiger partial charge in [-0.1, -0.05) is 39.7 Å². The Kier molecular flexibility index (Phi) is 9.19. The molecule has 0 aliphatic heterocycles. The van der Waals surface area contributed by atoms with E-state index in [1.54, 1.807) is 0 Å². The number of hydrogen-bond donors (Lipinski definition) is 1. The maximum absolute atomic E-state index is 11.8. The van der Waals surface area contributed by atoms with Crippen LogP contribution < -0.4 is 0 Å². The van der Waals surface area contributed by atoms with E-state index in [4.69, 9.17) is 9.05 Å². The van der Waals surface area contributed by atoms with E-state index in [2.05, 4.69) is 13.5 Å². The van der Waals surface area contributed by atoms with Crippen LogP contribution in [0.15, 0.2) is 12.7 Å².